The maximum atomic E-state index is 11.4. The molecule has 2 heterocycles. The predicted molar refractivity (Wildman–Crippen MR) is 67.6 cm³/mol. The van der Waals surface area contributed by atoms with Crippen LogP contribution in [-0.2, 0) is 9.59 Å². The zero-order chi connectivity index (χ0) is 13.4. The number of fused-ring (bicyclic) bond motifs is 1. The summed E-state index contributed by atoms with van der Waals surface area (Å²) in [7, 11) is 0. The monoisotopic (exact) mass is 281 g/mol. The van der Waals surface area contributed by atoms with Crippen molar-refractivity contribution in [3.8, 4) is 11.5 Å². The number of hydrogen-bond acceptors (Lipinski definition) is 4. The van der Waals surface area contributed by atoms with Gasteiger partial charge in [0.1, 0.15) is 13.2 Å². The highest BCUT2D eigenvalue weighted by molar-refractivity contribution is 6.32. The van der Waals surface area contributed by atoms with Crippen molar-refractivity contribution >= 4 is 23.4 Å². The van der Waals surface area contributed by atoms with Gasteiger partial charge in [0.05, 0.1) is 5.02 Å². The third-order valence-corrected chi connectivity index (χ3v) is 3.51. The van der Waals surface area contributed by atoms with E-state index in [1.807, 2.05) is 0 Å². The van der Waals surface area contributed by atoms with Crippen molar-refractivity contribution in [2.75, 3.05) is 13.2 Å². The Morgan fingerprint density at radius 1 is 1.11 bits per heavy atom. The molecule has 1 saturated heterocycles. The van der Waals surface area contributed by atoms with Gasteiger partial charge in [-0.25, -0.2) is 0 Å². The molecule has 0 saturated carbocycles. The minimum Gasteiger partial charge on any atom is -0.486 e. The highest BCUT2D eigenvalue weighted by Gasteiger charge is 2.28. The lowest BCUT2D eigenvalue weighted by Crippen LogP contribution is -2.37. The SMILES string of the molecule is O=C1CC(c2cc(Cl)c3c(c2)OCCO3)CC(=O)N1. The summed E-state index contributed by atoms with van der Waals surface area (Å²) in [6.07, 6.45) is 0.559. The molecule has 2 aliphatic rings. The number of amides is 2. The van der Waals surface area contributed by atoms with Crippen molar-refractivity contribution in [3.05, 3.63) is 22.7 Å². The number of ether oxygens (including phenoxy) is 2. The van der Waals surface area contributed by atoms with E-state index in [4.69, 9.17) is 21.1 Å². The normalized spacial score (nSPS) is 19.2. The lowest BCUT2D eigenvalue weighted by molar-refractivity contribution is -0.133. The number of piperidine rings is 1. The molecule has 1 fully saturated rings. The maximum absolute atomic E-state index is 11.4. The molecule has 0 atom stereocenters. The summed E-state index contributed by atoms with van der Waals surface area (Å²) >= 11 is 6.15. The zero-order valence-corrected chi connectivity index (χ0v) is 10.8. The fourth-order valence-corrected chi connectivity index (χ4v) is 2.65. The summed E-state index contributed by atoms with van der Waals surface area (Å²) in [6.45, 7) is 0.938. The first kappa shape index (κ1) is 12.3. The van der Waals surface area contributed by atoms with Gasteiger partial charge in [-0.15, -0.1) is 0 Å². The summed E-state index contributed by atoms with van der Waals surface area (Å²) in [5.41, 5.74) is 0.831. The van der Waals surface area contributed by atoms with Crippen LogP contribution in [-0.4, -0.2) is 25.0 Å². The molecule has 2 aliphatic heterocycles. The lowest BCUT2D eigenvalue weighted by Gasteiger charge is -2.24. The van der Waals surface area contributed by atoms with E-state index < -0.39 is 0 Å². The summed E-state index contributed by atoms with van der Waals surface area (Å²) in [4.78, 5) is 22.8. The molecule has 1 aromatic carbocycles. The van der Waals surface area contributed by atoms with E-state index in [2.05, 4.69) is 5.32 Å². The number of hydrogen-bond donors (Lipinski definition) is 1. The number of carbonyl (C=O) groups is 2. The third-order valence-electron chi connectivity index (χ3n) is 3.23. The molecule has 6 heteroatoms. The van der Waals surface area contributed by atoms with E-state index in [0.29, 0.717) is 29.7 Å². The number of carbonyl (C=O) groups excluding carboxylic acids is 2. The first-order valence-corrected chi connectivity index (χ1v) is 6.43. The van der Waals surface area contributed by atoms with Gasteiger partial charge in [-0.05, 0) is 17.7 Å². The Bertz CT molecular complexity index is 542. The van der Waals surface area contributed by atoms with Crippen LogP contribution < -0.4 is 14.8 Å². The molecule has 0 unspecified atom stereocenters. The Labute approximate surface area is 114 Å². The van der Waals surface area contributed by atoms with E-state index in [9.17, 15) is 9.59 Å². The molecular weight excluding hydrogens is 270 g/mol. The second kappa shape index (κ2) is 4.74. The molecule has 100 valence electrons. The van der Waals surface area contributed by atoms with Crippen LogP contribution in [0.3, 0.4) is 0 Å². The third kappa shape index (κ3) is 2.38. The molecule has 1 aromatic rings. The first-order chi connectivity index (χ1) is 9.13. The summed E-state index contributed by atoms with van der Waals surface area (Å²) in [5.74, 6) is 0.435. The standard InChI is InChI=1S/C13H12ClNO4/c14-9-3-7(4-10-13(9)19-2-1-18-10)8-5-11(16)15-12(17)6-8/h3-4,8H,1-2,5-6H2,(H,15,16,17). The Hall–Kier alpha value is -1.75. The van der Waals surface area contributed by atoms with Crippen LogP contribution in [0.5, 0.6) is 11.5 Å². The van der Waals surface area contributed by atoms with E-state index in [-0.39, 0.29) is 30.6 Å². The lowest BCUT2D eigenvalue weighted by atomic mass is 9.89. The smallest absolute Gasteiger partial charge is 0.227 e. The van der Waals surface area contributed by atoms with E-state index in [1.165, 1.54) is 0 Å². The summed E-state index contributed by atoms with van der Waals surface area (Å²) < 4.78 is 10.9. The van der Waals surface area contributed by atoms with Gasteiger partial charge in [0, 0.05) is 18.8 Å². The molecule has 0 aromatic heterocycles. The van der Waals surface area contributed by atoms with Gasteiger partial charge in [-0.2, -0.15) is 0 Å². The minimum atomic E-state index is -0.257. The molecule has 1 N–H and O–H groups in total. The average Bonchev–Trinajstić information content (AvgIpc) is 2.37. The highest BCUT2D eigenvalue weighted by atomic mass is 35.5. The first-order valence-electron chi connectivity index (χ1n) is 6.05. The van der Waals surface area contributed by atoms with Crippen LogP contribution in [0.25, 0.3) is 0 Å². The van der Waals surface area contributed by atoms with E-state index >= 15 is 0 Å². The molecule has 0 radical (unpaired) electrons. The molecule has 5 nitrogen and oxygen atoms in total. The largest absolute Gasteiger partial charge is 0.486 e. The molecule has 2 amide bonds. The molecule has 3 rings (SSSR count). The zero-order valence-electron chi connectivity index (χ0n) is 10.1. The van der Waals surface area contributed by atoms with Gasteiger partial charge in [0.25, 0.3) is 0 Å². The molecular formula is C13H12ClNO4. The Kier molecular flexibility index (Phi) is 3.06. The number of imide groups is 1. The number of benzene rings is 1. The fourth-order valence-electron chi connectivity index (χ4n) is 2.38. The quantitative estimate of drug-likeness (QED) is 0.795. The summed E-state index contributed by atoms with van der Waals surface area (Å²) in [6, 6.07) is 3.54. The second-order valence-corrected chi connectivity index (χ2v) is 5.01. The van der Waals surface area contributed by atoms with Crippen molar-refractivity contribution < 1.29 is 19.1 Å². The van der Waals surface area contributed by atoms with Crippen molar-refractivity contribution in [2.45, 2.75) is 18.8 Å². The highest BCUT2D eigenvalue weighted by Crippen LogP contribution is 2.41. The Morgan fingerprint density at radius 2 is 1.79 bits per heavy atom. The fraction of sp³-hybridized carbons (Fsp3) is 0.385. The van der Waals surface area contributed by atoms with Gasteiger partial charge in [-0.1, -0.05) is 11.6 Å². The van der Waals surface area contributed by atoms with Crippen molar-refractivity contribution in [1.29, 1.82) is 0 Å². The van der Waals surface area contributed by atoms with Crippen LogP contribution in [0, 0.1) is 0 Å². The second-order valence-electron chi connectivity index (χ2n) is 4.60. The van der Waals surface area contributed by atoms with Crippen LogP contribution in [0.1, 0.15) is 24.3 Å². The number of nitrogens with one attached hydrogen (secondary N) is 1. The predicted octanol–water partition coefficient (Wildman–Crippen LogP) is 1.63. The molecule has 19 heavy (non-hydrogen) atoms. The Morgan fingerprint density at radius 3 is 2.53 bits per heavy atom. The topological polar surface area (TPSA) is 64.6 Å². The Balaban J connectivity index is 1.94. The molecule has 0 bridgehead atoms. The molecule has 0 aliphatic carbocycles. The van der Waals surface area contributed by atoms with Crippen molar-refractivity contribution in [3.63, 3.8) is 0 Å². The van der Waals surface area contributed by atoms with Gasteiger partial charge >= 0.3 is 0 Å². The van der Waals surface area contributed by atoms with Crippen molar-refractivity contribution in [2.24, 2.45) is 0 Å². The number of halogens is 1. The summed E-state index contributed by atoms with van der Waals surface area (Å²) in [5, 5.41) is 2.74. The van der Waals surface area contributed by atoms with Gasteiger partial charge in [0.2, 0.25) is 11.8 Å². The maximum Gasteiger partial charge on any atom is 0.227 e. The van der Waals surface area contributed by atoms with Gasteiger partial charge in [0.15, 0.2) is 11.5 Å². The molecule has 0 spiro atoms. The number of rotatable bonds is 1. The van der Waals surface area contributed by atoms with Crippen LogP contribution in [0.15, 0.2) is 12.1 Å². The van der Waals surface area contributed by atoms with Gasteiger partial charge in [-0.3, -0.25) is 14.9 Å². The minimum absolute atomic E-state index is 0.158. The van der Waals surface area contributed by atoms with Gasteiger partial charge < -0.3 is 9.47 Å². The van der Waals surface area contributed by atoms with E-state index in [1.54, 1.807) is 12.1 Å². The van der Waals surface area contributed by atoms with E-state index in [0.717, 1.165) is 5.56 Å². The van der Waals surface area contributed by atoms with Crippen LogP contribution in [0.2, 0.25) is 5.02 Å². The average molecular weight is 282 g/mol. The van der Waals surface area contributed by atoms with Crippen molar-refractivity contribution in [1.82, 2.24) is 5.32 Å². The van der Waals surface area contributed by atoms with Crippen LogP contribution in [0.4, 0.5) is 0 Å². The van der Waals surface area contributed by atoms with Crippen LogP contribution >= 0.6 is 11.6 Å².